The van der Waals surface area contributed by atoms with E-state index in [-0.39, 0.29) is 11.9 Å². The van der Waals surface area contributed by atoms with Crippen molar-refractivity contribution in [1.29, 1.82) is 0 Å². The van der Waals surface area contributed by atoms with Gasteiger partial charge in [-0.25, -0.2) is 0 Å². The number of carbonyl (C=O) groups excluding carboxylic acids is 1. The molecular formula is C18H20BrNO. The Bertz CT molecular complexity index is 595. The molecule has 0 saturated heterocycles. The van der Waals surface area contributed by atoms with E-state index in [2.05, 4.69) is 47.2 Å². The maximum absolute atomic E-state index is 12.5. The number of nitrogens with one attached hydrogen (secondary N) is 1. The van der Waals surface area contributed by atoms with Crippen LogP contribution in [0.4, 0.5) is 0 Å². The Kier molecular flexibility index (Phi) is 5.57. The first kappa shape index (κ1) is 15.8. The van der Waals surface area contributed by atoms with Crippen LogP contribution in [0.1, 0.15) is 42.2 Å². The molecule has 110 valence electrons. The highest BCUT2D eigenvalue weighted by atomic mass is 79.9. The molecule has 21 heavy (non-hydrogen) atoms. The number of rotatable bonds is 5. The van der Waals surface area contributed by atoms with Gasteiger partial charge in [0.05, 0.1) is 11.6 Å². The highest BCUT2D eigenvalue weighted by Crippen LogP contribution is 2.23. The van der Waals surface area contributed by atoms with Crippen LogP contribution in [-0.2, 0) is 0 Å². The van der Waals surface area contributed by atoms with E-state index in [1.807, 2.05) is 42.5 Å². The number of carbonyl (C=O) groups is 1. The van der Waals surface area contributed by atoms with Gasteiger partial charge in [-0.1, -0.05) is 56.3 Å². The molecule has 0 aromatic heterocycles. The summed E-state index contributed by atoms with van der Waals surface area (Å²) >= 11 is 3.43. The van der Waals surface area contributed by atoms with Gasteiger partial charge in [-0.05, 0) is 46.0 Å². The normalized spacial score (nSPS) is 12.2. The summed E-state index contributed by atoms with van der Waals surface area (Å²) in [6.45, 7) is 4.33. The van der Waals surface area contributed by atoms with Gasteiger partial charge in [0.15, 0.2) is 0 Å². The lowest BCUT2D eigenvalue weighted by molar-refractivity contribution is 0.0931. The lowest BCUT2D eigenvalue weighted by Gasteiger charge is -2.21. The molecule has 3 heteroatoms. The van der Waals surface area contributed by atoms with Crippen LogP contribution in [0.5, 0.6) is 0 Å². The molecule has 0 heterocycles. The summed E-state index contributed by atoms with van der Waals surface area (Å²) in [5, 5.41) is 3.15. The van der Waals surface area contributed by atoms with Crippen LogP contribution in [0, 0.1) is 5.92 Å². The minimum atomic E-state index is -0.0445. The Morgan fingerprint density at radius 3 is 2.29 bits per heavy atom. The van der Waals surface area contributed by atoms with Gasteiger partial charge in [0.2, 0.25) is 0 Å². The Labute approximate surface area is 134 Å². The van der Waals surface area contributed by atoms with E-state index < -0.39 is 0 Å². The SMILES string of the molecule is CC(C)C[C@H](NC(=O)c1ccccc1Br)c1ccccc1. The summed E-state index contributed by atoms with van der Waals surface area (Å²) in [7, 11) is 0. The maximum Gasteiger partial charge on any atom is 0.252 e. The van der Waals surface area contributed by atoms with Crippen molar-refractivity contribution >= 4 is 21.8 Å². The minimum Gasteiger partial charge on any atom is -0.345 e. The average Bonchev–Trinajstić information content (AvgIpc) is 2.47. The zero-order valence-electron chi connectivity index (χ0n) is 12.3. The maximum atomic E-state index is 12.5. The number of amides is 1. The van der Waals surface area contributed by atoms with Crippen LogP contribution in [-0.4, -0.2) is 5.91 Å². The molecule has 0 radical (unpaired) electrons. The molecule has 0 fully saturated rings. The predicted molar refractivity (Wildman–Crippen MR) is 90.2 cm³/mol. The van der Waals surface area contributed by atoms with Crippen molar-refractivity contribution in [3.8, 4) is 0 Å². The van der Waals surface area contributed by atoms with Gasteiger partial charge >= 0.3 is 0 Å². The van der Waals surface area contributed by atoms with Crippen LogP contribution in [0.2, 0.25) is 0 Å². The summed E-state index contributed by atoms with van der Waals surface area (Å²) in [5.41, 5.74) is 1.81. The summed E-state index contributed by atoms with van der Waals surface area (Å²) in [6.07, 6.45) is 0.917. The van der Waals surface area contributed by atoms with Crippen molar-refractivity contribution in [2.75, 3.05) is 0 Å². The van der Waals surface area contributed by atoms with Gasteiger partial charge in [0, 0.05) is 4.47 Å². The molecule has 0 saturated carbocycles. The van der Waals surface area contributed by atoms with Crippen molar-refractivity contribution in [3.63, 3.8) is 0 Å². The van der Waals surface area contributed by atoms with Gasteiger partial charge in [-0.2, -0.15) is 0 Å². The quantitative estimate of drug-likeness (QED) is 0.814. The van der Waals surface area contributed by atoms with E-state index in [4.69, 9.17) is 0 Å². The van der Waals surface area contributed by atoms with E-state index in [0.29, 0.717) is 11.5 Å². The molecule has 1 atom stereocenters. The number of halogens is 1. The summed E-state index contributed by atoms with van der Waals surface area (Å²) < 4.78 is 0.818. The lowest BCUT2D eigenvalue weighted by Crippen LogP contribution is -2.29. The monoisotopic (exact) mass is 345 g/mol. The summed E-state index contributed by atoms with van der Waals surface area (Å²) in [5.74, 6) is 0.465. The molecule has 0 aliphatic heterocycles. The highest BCUT2D eigenvalue weighted by molar-refractivity contribution is 9.10. The van der Waals surface area contributed by atoms with E-state index in [1.54, 1.807) is 0 Å². The summed E-state index contributed by atoms with van der Waals surface area (Å²) in [6, 6.07) is 17.7. The fraction of sp³-hybridized carbons (Fsp3) is 0.278. The van der Waals surface area contributed by atoms with Gasteiger partial charge < -0.3 is 5.32 Å². The van der Waals surface area contributed by atoms with E-state index in [9.17, 15) is 4.79 Å². The Morgan fingerprint density at radius 1 is 1.05 bits per heavy atom. The highest BCUT2D eigenvalue weighted by Gasteiger charge is 2.18. The third kappa shape index (κ3) is 4.43. The van der Waals surface area contributed by atoms with Gasteiger partial charge in [0.1, 0.15) is 0 Å². The fourth-order valence-electron chi connectivity index (χ4n) is 2.32. The molecule has 2 aromatic rings. The van der Waals surface area contributed by atoms with Gasteiger partial charge in [0.25, 0.3) is 5.91 Å². The molecule has 0 unspecified atom stereocenters. The molecule has 0 bridgehead atoms. The Balaban J connectivity index is 2.19. The number of hydrogen-bond donors (Lipinski definition) is 1. The van der Waals surface area contributed by atoms with Crippen molar-refractivity contribution in [2.24, 2.45) is 5.92 Å². The second-order valence-corrected chi connectivity index (χ2v) is 6.40. The van der Waals surface area contributed by atoms with Gasteiger partial charge in [-0.15, -0.1) is 0 Å². The average molecular weight is 346 g/mol. The van der Waals surface area contributed by atoms with Crippen LogP contribution in [0.3, 0.4) is 0 Å². The first-order valence-electron chi connectivity index (χ1n) is 7.18. The van der Waals surface area contributed by atoms with Crippen molar-refractivity contribution in [1.82, 2.24) is 5.32 Å². The largest absolute Gasteiger partial charge is 0.345 e. The molecule has 0 spiro atoms. The predicted octanol–water partition coefficient (Wildman–Crippen LogP) is 4.97. The van der Waals surface area contributed by atoms with Crippen molar-refractivity contribution < 1.29 is 4.79 Å². The molecule has 2 aromatic carbocycles. The summed E-state index contributed by atoms with van der Waals surface area (Å²) in [4.78, 5) is 12.5. The molecular weight excluding hydrogens is 326 g/mol. The van der Waals surface area contributed by atoms with Gasteiger partial charge in [-0.3, -0.25) is 4.79 Å². The second kappa shape index (κ2) is 7.41. The molecule has 2 rings (SSSR count). The first-order chi connectivity index (χ1) is 10.1. The smallest absolute Gasteiger partial charge is 0.252 e. The standard InChI is InChI=1S/C18H20BrNO/c1-13(2)12-17(14-8-4-3-5-9-14)20-18(21)15-10-6-7-11-16(15)19/h3-11,13,17H,12H2,1-2H3,(H,20,21)/t17-/m0/s1. The lowest BCUT2D eigenvalue weighted by atomic mass is 9.96. The van der Waals surface area contributed by atoms with Crippen molar-refractivity contribution in [2.45, 2.75) is 26.3 Å². The third-order valence-corrected chi connectivity index (χ3v) is 4.02. The van der Waals surface area contributed by atoms with Crippen molar-refractivity contribution in [3.05, 3.63) is 70.2 Å². The number of benzene rings is 2. The topological polar surface area (TPSA) is 29.1 Å². The Hall–Kier alpha value is -1.61. The second-order valence-electron chi connectivity index (χ2n) is 5.55. The number of hydrogen-bond acceptors (Lipinski definition) is 1. The van der Waals surface area contributed by atoms with E-state index in [1.165, 1.54) is 0 Å². The minimum absolute atomic E-state index is 0.0332. The Morgan fingerprint density at radius 2 is 1.67 bits per heavy atom. The third-order valence-electron chi connectivity index (χ3n) is 3.33. The zero-order valence-corrected chi connectivity index (χ0v) is 13.9. The van der Waals surface area contributed by atoms with Crippen LogP contribution < -0.4 is 5.32 Å². The fourth-order valence-corrected chi connectivity index (χ4v) is 2.78. The van der Waals surface area contributed by atoms with E-state index >= 15 is 0 Å². The molecule has 0 aliphatic rings. The first-order valence-corrected chi connectivity index (χ1v) is 7.97. The molecule has 0 aliphatic carbocycles. The van der Waals surface area contributed by atoms with Crippen LogP contribution in [0.25, 0.3) is 0 Å². The molecule has 1 amide bonds. The zero-order chi connectivity index (χ0) is 15.2. The van der Waals surface area contributed by atoms with Crippen LogP contribution in [0.15, 0.2) is 59.1 Å². The molecule has 1 N–H and O–H groups in total. The van der Waals surface area contributed by atoms with E-state index in [0.717, 1.165) is 16.5 Å². The van der Waals surface area contributed by atoms with Crippen LogP contribution >= 0.6 is 15.9 Å². The molecule has 2 nitrogen and oxygen atoms in total.